The van der Waals surface area contributed by atoms with E-state index in [0.717, 1.165) is 30.0 Å². The van der Waals surface area contributed by atoms with Crippen molar-refractivity contribution in [2.45, 2.75) is 27.0 Å². The molecule has 2 aromatic rings. The Labute approximate surface area is 122 Å². The maximum atomic E-state index is 13.1. The standard InChI is InChI=1S/C16H19F2NO2/c1-11(2)8-19-9-16-12(5-6-20-16)10-21-13-3-4-14(17)15(18)7-13/h3-7,11,19H,8-10H2,1-2H3. The first-order valence-electron chi connectivity index (χ1n) is 6.90. The first kappa shape index (κ1) is 15.5. The van der Waals surface area contributed by atoms with Crippen molar-refractivity contribution in [1.29, 1.82) is 0 Å². The molecule has 0 amide bonds. The highest BCUT2D eigenvalue weighted by Gasteiger charge is 2.08. The normalized spacial score (nSPS) is 11.1. The summed E-state index contributed by atoms with van der Waals surface area (Å²) in [5.74, 6) is -0.168. The van der Waals surface area contributed by atoms with Crippen LogP contribution in [0.1, 0.15) is 25.2 Å². The van der Waals surface area contributed by atoms with Gasteiger partial charge >= 0.3 is 0 Å². The highest BCUT2D eigenvalue weighted by Crippen LogP contribution is 2.18. The van der Waals surface area contributed by atoms with E-state index in [1.165, 1.54) is 6.07 Å². The molecule has 21 heavy (non-hydrogen) atoms. The fourth-order valence-corrected chi connectivity index (χ4v) is 1.85. The second kappa shape index (κ2) is 7.22. The SMILES string of the molecule is CC(C)CNCc1occc1COc1ccc(F)c(F)c1. The number of furan rings is 1. The zero-order valence-corrected chi connectivity index (χ0v) is 12.2. The van der Waals surface area contributed by atoms with Gasteiger partial charge in [0.2, 0.25) is 0 Å². The van der Waals surface area contributed by atoms with Crippen molar-refractivity contribution in [2.75, 3.05) is 6.54 Å². The smallest absolute Gasteiger partial charge is 0.162 e. The Hall–Kier alpha value is -1.88. The Kier molecular flexibility index (Phi) is 5.33. The molecule has 1 heterocycles. The van der Waals surface area contributed by atoms with Gasteiger partial charge in [-0.15, -0.1) is 0 Å². The average Bonchev–Trinajstić information content (AvgIpc) is 2.87. The lowest BCUT2D eigenvalue weighted by atomic mass is 10.2. The second-order valence-electron chi connectivity index (χ2n) is 5.26. The Bertz CT molecular complexity index is 581. The topological polar surface area (TPSA) is 34.4 Å². The largest absolute Gasteiger partial charge is 0.489 e. The molecule has 0 saturated heterocycles. The van der Waals surface area contributed by atoms with E-state index in [-0.39, 0.29) is 12.4 Å². The third-order valence-corrected chi connectivity index (χ3v) is 2.96. The van der Waals surface area contributed by atoms with Gasteiger partial charge in [-0.2, -0.15) is 0 Å². The van der Waals surface area contributed by atoms with Gasteiger partial charge in [0.15, 0.2) is 11.6 Å². The maximum Gasteiger partial charge on any atom is 0.162 e. The summed E-state index contributed by atoms with van der Waals surface area (Å²) in [6, 6.07) is 5.29. The van der Waals surface area contributed by atoms with E-state index in [4.69, 9.17) is 9.15 Å². The summed E-state index contributed by atoms with van der Waals surface area (Å²) in [4.78, 5) is 0. The third-order valence-electron chi connectivity index (χ3n) is 2.96. The number of ether oxygens (including phenoxy) is 1. The Morgan fingerprint density at radius 2 is 2.00 bits per heavy atom. The summed E-state index contributed by atoms with van der Waals surface area (Å²) in [6.45, 7) is 6.01. The number of halogens is 2. The van der Waals surface area contributed by atoms with E-state index in [9.17, 15) is 8.78 Å². The quantitative estimate of drug-likeness (QED) is 0.841. The first-order valence-corrected chi connectivity index (χ1v) is 6.90. The minimum Gasteiger partial charge on any atom is -0.489 e. The van der Waals surface area contributed by atoms with Crippen LogP contribution in [0.2, 0.25) is 0 Å². The second-order valence-corrected chi connectivity index (χ2v) is 5.26. The van der Waals surface area contributed by atoms with Crippen LogP contribution in [0, 0.1) is 17.6 Å². The van der Waals surface area contributed by atoms with E-state index < -0.39 is 11.6 Å². The Balaban J connectivity index is 1.91. The summed E-state index contributed by atoms with van der Waals surface area (Å²) >= 11 is 0. The molecule has 1 aromatic heterocycles. The van der Waals surface area contributed by atoms with Gasteiger partial charge in [-0.25, -0.2) is 8.78 Å². The lowest BCUT2D eigenvalue weighted by molar-refractivity contribution is 0.298. The molecule has 0 fully saturated rings. The highest BCUT2D eigenvalue weighted by molar-refractivity contribution is 5.25. The van der Waals surface area contributed by atoms with Gasteiger partial charge in [-0.3, -0.25) is 0 Å². The van der Waals surface area contributed by atoms with Gasteiger partial charge in [0.1, 0.15) is 18.1 Å². The van der Waals surface area contributed by atoms with E-state index in [1.807, 2.05) is 6.07 Å². The van der Waals surface area contributed by atoms with Crippen LogP contribution in [0.4, 0.5) is 8.78 Å². The van der Waals surface area contributed by atoms with Crippen molar-refractivity contribution >= 4 is 0 Å². The minimum atomic E-state index is -0.918. The zero-order valence-electron chi connectivity index (χ0n) is 12.2. The molecule has 1 aromatic carbocycles. The number of nitrogens with one attached hydrogen (secondary N) is 1. The summed E-state index contributed by atoms with van der Waals surface area (Å²) in [7, 11) is 0. The van der Waals surface area contributed by atoms with Gasteiger partial charge in [0.05, 0.1) is 12.8 Å². The van der Waals surface area contributed by atoms with E-state index in [1.54, 1.807) is 6.26 Å². The van der Waals surface area contributed by atoms with Crippen LogP contribution in [0.3, 0.4) is 0 Å². The predicted molar refractivity (Wildman–Crippen MR) is 75.9 cm³/mol. The lowest BCUT2D eigenvalue weighted by Gasteiger charge is -2.09. The van der Waals surface area contributed by atoms with Gasteiger partial charge in [0.25, 0.3) is 0 Å². The van der Waals surface area contributed by atoms with Crippen LogP contribution in [0.25, 0.3) is 0 Å². The van der Waals surface area contributed by atoms with Crippen molar-refractivity contribution in [2.24, 2.45) is 5.92 Å². The number of hydrogen-bond acceptors (Lipinski definition) is 3. The fourth-order valence-electron chi connectivity index (χ4n) is 1.85. The van der Waals surface area contributed by atoms with Crippen LogP contribution in [-0.4, -0.2) is 6.54 Å². The molecule has 0 unspecified atom stereocenters. The molecule has 0 spiro atoms. The van der Waals surface area contributed by atoms with Crippen LogP contribution in [0.5, 0.6) is 5.75 Å². The van der Waals surface area contributed by atoms with E-state index in [0.29, 0.717) is 12.5 Å². The maximum absolute atomic E-state index is 13.1. The summed E-state index contributed by atoms with van der Waals surface area (Å²) in [6.07, 6.45) is 1.59. The van der Waals surface area contributed by atoms with Crippen LogP contribution in [-0.2, 0) is 13.2 Å². The zero-order chi connectivity index (χ0) is 15.2. The lowest BCUT2D eigenvalue weighted by Crippen LogP contribution is -2.19. The van der Waals surface area contributed by atoms with Gasteiger partial charge in [-0.1, -0.05) is 13.8 Å². The molecule has 0 bridgehead atoms. The van der Waals surface area contributed by atoms with Gasteiger partial charge < -0.3 is 14.5 Å². The highest BCUT2D eigenvalue weighted by atomic mass is 19.2. The van der Waals surface area contributed by atoms with Crippen LogP contribution >= 0.6 is 0 Å². The number of rotatable bonds is 7. The van der Waals surface area contributed by atoms with E-state index in [2.05, 4.69) is 19.2 Å². The summed E-state index contributed by atoms with van der Waals surface area (Å²) in [5.41, 5.74) is 0.885. The Morgan fingerprint density at radius 1 is 1.19 bits per heavy atom. The van der Waals surface area contributed by atoms with Crippen molar-refractivity contribution in [1.82, 2.24) is 5.32 Å². The van der Waals surface area contributed by atoms with Crippen LogP contribution < -0.4 is 10.1 Å². The van der Waals surface area contributed by atoms with Crippen LogP contribution in [0.15, 0.2) is 34.9 Å². The molecule has 0 saturated carbocycles. The predicted octanol–water partition coefficient (Wildman–Crippen LogP) is 3.88. The molecular formula is C16H19F2NO2. The number of hydrogen-bond donors (Lipinski definition) is 1. The summed E-state index contributed by atoms with van der Waals surface area (Å²) in [5, 5.41) is 3.28. The van der Waals surface area contributed by atoms with Gasteiger partial charge in [0, 0.05) is 11.6 Å². The van der Waals surface area contributed by atoms with Crippen molar-refractivity contribution in [3.63, 3.8) is 0 Å². The van der Waals surface area contributed by atoms with Gasteiger partial charge in [-0.05, 0) is 30.7 Å². The fraction of sp³-hybridized carbons (Fsp3) is 0.375. The monoisotopic (exact) mass is 295 g/mol. The van der Waals surface area contributed by atoms with Crippen molar-refractivity contribution < 1.29 is 17.9 Å². The average molecular weight is 295 g/mol. The van der Waals surface area contributed by atoms with Crippen molar-refractivity contribution in [3.05, 3.63) is 53.5 Å². The summed E-state index contributed by atoms with van der Waals surface area (Å²) < 4.78 is 36.8. The number of benzene rings is 1. The molecule has 0 radical (unpaired) electrons. The molecule has 1 N–H and O–H groups in total. The first-order chi connectivity index (χ1) is 10.1. The molecule has 0 aliphatic heterocycles. The molecule has 5 heteroatoms. The Morgan fingerprint density at radius 3 is 2.71 bits per heavy atom. The van der Waals surface area contributed by atoms with Crippen molar-refractivity contribution in [3.8, 4) is 5.75 Å². The molecule has 0 aliphatic carbocycles. The molecule has 114 valence electrons. The minimum absolute atomic E-state index is 0.250. The molecule has 0 aliphatic rings. The third kappa shape index (κ3) is 4.56. The molecule has 0 atom stereocenters. The molecule has 2 rings (SSSR count). The molecule has 3 nitrogen and oxygen atoms in total. The molecular weight excluding hydrogens is 276 g/mol. The van der Waals surface area contributed by atoms with E-state index >= 15 is 0 Å².